The highest BCUT2D eigenvalue weighted by Gasteiger charge is 2.73. The number of carbonyl (C=O) groups excluding carboxylic acids is 1. The molecule has 0 saturated carbocycles. The lowest BCUT2D eigenvalue weighted by molar-refractivity contribution is -0.830. The van der Waals surface area contributed by atoms with Gasteiger partial charge in [0.25, 0.3) is 5.91 Å². The van der Waals surface area contributed by atoms with E-state index in [0.29, 0.717) is 14.9 Å². The van der Waals surface area contributed by atoms with Crippen LogP contribution in [-0.4, -0.2) is 35.1 Å². The third kappa shape index (κ3) is 5.55. The van der Waals surface area contributed by atoms with Crippen molar-refractivity contribution in [2.45, 2.75) is 27.3 Å². The summed E-state index contributed by atoms with van der Waals surface area (Å²) in [4.78, 5) is 25.3. The maximum Gasteiger partial charge on any atom is 0.460 e. The van der Waals surface area contributed by atoms with Gasteiger partial charge in [0, 0.05) is 40.4 Å². The van der Waals surface area contributed by atoms with Crippen molar-refractivity contribution < 1.29 is 50.2 Å². The molecule has 0 unspecified atom stereocenters. The Morgan fingerprint density at radius 3 is 2.40 bits per heavy atom. The number of rotatable bonds is 8. The second-order valence-corrected chi connectivity index (χ2v) is 8.85. The number of benzene rings is 1. The lowest BCUT2D eigenvalue weighted by atomic mass is 10.0. The van der Waals surface area contributed by atoms with Gasteiger partial charge in [0.2, 0.25) is 0 Å². The Morgan fingerprint density at radius 1 is 1.11 bits per heavy atom. The van der Waals surface area contributed by atoms with Crippen LogP contribution in [0.2, 0.25) is 0 Å². The maximum atomic E-state index is 14.4. The first-order chi connectivity index (χ1) is 16.3. The quantitative estimate of drug-likeness (QED) is 0.233. The monoisotopic (exact) mass is 545 g/mol. The number of nitrogens with two attached hydrogens (primary N) is 1. The van der Waals surface area contributed by atoms with Crippen molar-refractivity contribution in [3.8, 4) is 0 Å². The molecule has 0 fully saturated rings. The van der Waals surface area contributed by atoms with Crippen molar-refractivity contribution in [2.24, 2.45) is 0 Å². The van der Waals surface area contributed by atoms with Crippen LogP contribution < -0.4 is 10.8 Å². The highest BCUT2D eigenvalue weighted by Crippen LogP contribution is 2.51. The van der Waals surface area contributed by atoms with Gasteiger partial charge in [0.15, 0.2) is 21.7 Å². The molecule has 0 saturated heterocycles. The van der Waals surface area contributed by atoms with E-state index in [1.807, 2.05) is 5.32 Å². The zero-order valence-electron chi connectivity index (χ0n) is 17.2. The lowest BCUT2D eigenvalue weighted by Crippen LogP contribution is -2.75. The second kappa shape index (κ2) is 10.0. The Hall–Kier alpha value is -2.82. The number of nitrogens with one attached hydrogen (secondary N) is 1. The topological polar surface area (TPSA) is 80.7 Å². The summed E-state index contributed by atoms with van der Waals surface area (Å²) in [6.07, 6.45) is -5.15. The van der Waals surface area contributed by atoms with Crippen molar-refractivity contribution >= 4 is 40.5 Å². The van der Waals surface area contributed by atoms with Crippen LogP contribution >= 0.6 is 23.1 Å². The molecule has 2 aromatic heterocycles. The Labute approximate surface area is 199 Å². The fraction of sp³-hybridized carbons (Fsp3) is 0.211. The molecule has 6 nitrogen and oxygen atoms in total. The fourth-order valence-electron chi connectivity index (χ4n) is 2.61. The summed E-state index contributed by atoms with van der Waals surface area (Å²) in [7, 11) is 1.36. The standard InChI is InChI=1S/C19H12F8N4O2S2/c1-33-31-10-2-3-13(35-16-28-4-5-34-16)11(7-10)15(32)30-14-12(20)6-9(8-29-14)17(21,22)18(23,24)19(25,26)27/h2-8,31H,1H3,(H,29,30,32)/p+1. The molecule has 0 bridgehead atoms. The predicted molar refractivity (Wildman–Crippen MR) is 108 cm³/mol. The summed E-state index contributed by atoms with van der Waals surface area (Å²) in [6, 6.07) is 4.26. The highest BCUT2D eigenvalue weighted by atomic mass is 32.2. The minimum absolute atomic E-state index is 0.0322. The van der Waals surface area contributed by atoms with Gasteiger partial charge >= 0.3 is 18.0 Å². The molecule has 3 N–H and O–H groups in total. The largest absolute Gasteiger partial charge is 0.460 e. The van der Waals surface area contributed by atoms with E-state index in [1.54, 1.807) is 17.5 Å². The van der Waals surface area contributed by atoms with Crippen LogP contribution in [0.4, 0.5) is 46.6 Å². The molecule has 0 atom stereocenters. The number of thiazole rings is 1. The number of hydrogen-bond donors (Lipinski definition) is 2. The number of aromatic nitrogens is 2. The Morgan fingerprint density at radius 2 is 1.83 bits per heavy atom. The molecule has 1 amide bonds. The number of carbonyl (C=O) groups is 1. The number of halogens is 8. The maximum absolute atomic E-state index is 14.4. The van der Waals surface area contributed by atoms with E-state index in [-0.39, 0.29) is 17.8 Å². The first-order valence-electron chi connectivity index (χ1n) is 9.15. The molecular weight excluding hydrogens is 532 g/mol. The van der Waals surface area contributed by atoms with Crippen LogP contribution in [0.5, 0.6) is 0 Å². The number of amides is 1. The normalized spacial score (nSPS) is 12.6. The summed E-state index contributed by atoms with van der Waals surface area (Å²) < 4.78 is 106. The average molecular weight is 545 g/mol. The third-order valence-electron chi connectivity index (χ3n) is 4.30. The van der Waals surface area contributed by atoms with Crippen molar-refractivity contribution in [3.05, 3.63) is 59.0 Å². The van der Waals surface area contributed by atoms with E-state index in [4.69, 9.17) is 4.84 Å². The minimum Gasteiger partial charge on any atom is -0.304 e. The zero-order valence-corrected chi connectivity index (χ0v) is 18.8. The van der Waals surface area contributed by atoms with Gasteiger partial charge in [0.1, 0.15) is 0 Å². The predicted octanol–water partition coefficient (Wildman–Crippen LogP) is 5.13. The van der Waals surface area contributed by atoms with E-state index in [0.717, 1.165) is 11.8 Å². The molecular formula is C19H13F8N4O2S2+. The summed E-state index contributed by atoms with van der Waals surface area (Å²) in [5, 5.41) is 3.69. The van der Waals surface area contributed by atoms with Gasteiger partial charge in [-0.1, -0.05) is 11.8 Å². The second-order valence-electron chi connectivity index (χ2n) is 6.66. The molecule has 1 aromatic carbocycles. The summed E-state index contributed by atoms with van der Waals surface area (Å²) in [5.74, 6) is -16.0. The molecule has 3 rings (SSSR count). The van der Waals surface area contributed by atoms with Gasteiger partial charge in [-0.25, -0.2) is 19.2 Å². The van der Waals surface area contributed by atoms with Crippen molar-refractivity contribution in [2.75, 3.05) is 12.4 Å². The van der Waals surface area contributed by atoms with Gasteiger partial charge in [-0.3, -0.25) is 4.79 Å². The molecule has 16 heteroatoms. The average Bonchev–Trinajstić information content (AvgIpc) is 3.28. The summed E-state index contributed by atoms with van der Waals surface area (Å²) >= 11 is 2.36. The van der Waals surface area contributed by atoms with Crippen molar-refractivity contribution in [3.63, 3.8) is 0 Å². The molecule has 35 heavy (non-hydrogen) atoms. The number of quaternary nitrogens is 1. The molecule has 2 heterocycles. The Kier molecular flexibility index (Phi) is 7.68. The van der Waals surface area contributed by atoms with Crippen LogP contribution in [0.15, 0.2) is 51.3 Å². The SMILES string of the molecule is CO[NH2+]c1ccc(Sc2nccs2)c(C(=O)Nc2ncc(C(F)(F)C(F)(F)C(F)(F)F)cc2F)c1. The Bertz CT molecular complexity index is 1210. The molecule has 0 spiro atoms. The van der Waals surface area contributed by atoms with Crippen LogP contribution in [0.1, 0.15) is 15.9 Å². The zero-order chi connectivity index (χ0) is 26.0. The first kappa shape index (κ1) is 26.8. The van der Waals surface area contributed by atoms with E-state index in [9.17, 15) is 39.9 Å². The number of hydrogen-bond acceptors (Lipinski definition) is 6. The van der Waals surface area contributed by atoms with E-state index >= 15 is 0 Å². The number of anilines is 1. The lowest BCUT2D eigenvalue weighted by Gasteiger charge is -2.28. The molecule has 0 aliphatic heterocycles. The van der Waals surface area contributed by atoms with E-state index in [2.05, 4.69) is 9.97 Å². The molecule has 0 radical (unpaired) electrons. The fourth-order valence-corrected chi connectivity index (χ4v) is 4.30. The molecule has 0 aliphatic rings. The van der Waals surface area contributed by atoms with Crippen molar-refractivity contribution in [1.29, 1.82) is 0 Å². The molecule has 3 aromatic rings. The van der Waals surface area contributed by atoms with Crippen LogP contribution in [-0.2, 0) is 10.8 Å². The van der Waals surface area contributed by atoms with Gasteiger partial charge in [-0.2, -0.15) is 36.2 Å². The minimum atomic E-state index is -6.60. The van der Waals surface area contributed by atoms with Gasteiger partial charge in [-0.05, 0) is 12.1 Å². The number of alkyl halides is 7. The smallest absolute Gasteiger partial charge is 0.304 e. The van der Waals surface area contributed by atoms with Gasteiger partial charge < -0.3 is 5.32 Å². The number of pyridine rings is 1. The van der Waals surface area contributed by atoms with Gasteiger partial charge in [0.05, 0.1) is 12.7 Å². The van der Waals surface area contributed by atoms with Crippen LogP contribution in [0, 0.1) is 5.82 Å². The van der Waals surface area contributed by atoms with E-state index in [1.165, 1.54) is 36.2 Å². The van der Waals surface area contributed by atoms with E-state index < -0.39 is 41.1 Å². The van der Waals surface area contributed by atoms with Crippen molar-refractivity contribution in [1.82, 2.24) is 9.97 Å². The van der Waals surface area contributed by atoms with Gasteiger partial charge in [-0.15, -0.1) is 11.3 Å². The third-order valence-corrected chi connectivity index (χ3v) is 6.25. The summed E-state index contributed by atoms with van der Waals surface area (Å²) in [6.45, 7) is 0. The number of nitrogens with zero attached hydrogens (tertiary/aromatic N) is 2. The van der Waals surface area contributed by atoms with Crippen LogP contribution in [0.3, 0.4) is 0 Å². The van der Waals surface area contributed by atoms with Crippen LogP contribution in [0.25, 0.3) is 0 Å². The highest BCUT2D eigenvalue weighted by molar-refractivity contribution is 8.01. The molecule has 0 aliphatic carbocycles. The Balaban J connectivity index is 1.91. The molecule has 188 valence electrons. The first-order valence-corrected chi connectivity index (χ1v) is 10.8. The summed E-state index contributed by atoms with van der Waals surface area (Å²) in [5.41, 5.74) is -0.327.